The van der Waals surface area contributed by atoms with E-state index in [1.54, 1.807) is 0 Å². The predicted molar refractivity (Wildman–Crippen MR) is 57.4 cm³/mol. The van der Waals surface area contributed by atoms with E-state index in [0.717, 1.165) is 12.8 Å². The van der Waals surface area contributed by atoms with Crippen molar-refractivity contribution in [3.63, 3.8) is 0 Å². The molecule has 0 amide bonds. The lowest BCUT2D eigenvalue weighted by Gasteiger charge is -1.97. The van der Waals surface area contributed by atoms with Gasteiger partial charge in [-0.15, -0.1) is 0 Å². The molecule has 1 N–H and O–H groups in total. The van der Waals surface area contributed by atoms with E-state index in [1.165, 1.54) is 25.7 Å². The number of carboxylic acid groups (broad SMARTS) is 1. The van der Waals surface area contributed by atoms with Crippen LogP contribution in [0, 0.1) is 0 Å². The minimum atomic E-state index is -0.250. The van der Waals surface area contributed by atoms with Gasteiger partial charge >= 0.3 is 0 Å². The Hall–Kier alpha value is -0.860. The molecule has 0 heterocycles. The Kier molecular flexibility index (Phi) is 16.3. The van der Waals surface area contributed by atoms with Gasteiger partial charge < -0.3 is 5.11 Å². The highest BCUT2D eigenvalue weighted by molar-refractivity contribution is 5.77. The van der Waals surface area contributed by atoms with Crippen molar-refractivity contribution in [1.29, 1.82) is 0 Å². The molecule has 0 bridgehead atoms. The molecule has 0 aliphatic rings. The van der Waals surface area contributed by atoms with Crippen LogP contribution < -0.4 is 0 Å². The molecule has 0 aromatic heterocycles. The minimum Gasteiger partial charge on any atom is -0.483 e. The summed E-state index contributed by atoms with van der Waals surface area (Å²) in [4.78, 5) is 19.2. The number of carbonyl (C=O) groups is 2. The fourth-order valence-corrected chi connectivity index (χ4v) is 1.10. The Morgan fingerprint density at radius 1 is 1.14 bits per heavy atom. The number of carbonyl (C=O) groups excluding carboxylic acids is 1. The van der Waals surface area contributed by atoms with Crippen LogP contribution in [0.1, 0.15) is 58.8 Å². The molecule has 84 valence electrons. The van der Waals surface area contributed by atoms with Crippen molar-refractivity contribution in [3.05, 3.63) is 0 Å². The zero-order valence-corrected chi connectivity index (χ0v) is 9.29. The molecule has 0 aromatic rings. The molecule has 0 aliphatic carbocycles. The molecule has 3 nitrogen and oxygen atoms in total. The highest BCUT2D eigenvalue weighted by atomic mass is 16.3. The maximum absolute atomic E-state index is 10.8. The molecule has 0 aromatic carbocycles. The lowest BCUT2D eigenvalue weighted by atomic mass is 10.1. The van der Waals surface area contributed by atoms with Crippen LogP contribution >= 0.6 is 0 Å². The van der Waals surface area contributed by atoms with Gasteiger partial charge in [0.05, 0.1) is 0 Å². The van der Waals surface area contributed by atoms with Gasteiger partial charge in [-0.1, -0.05) is 39.5 Å². The zero-order valence-electron chi connectivity index (χ0n) is 9.29. The molecule has 14 heavy (non-hydrogen) atoms. The molecule has 3 heteroatoms. The van der Waals surface area contributed by atoms with Crippen molar-refractivity contribution in [2.45, 2.75) is 58.8 Å². The SMILES string of the molecule is CCCCCCCC(=O)CC.O=CO. The quantitative estimate of drug-likeness (QED) is 0.510. The fourth-order valence-electron chi connectivity index (χ4n) is 1.10. The average molecular weight is 202 g/mol. The Labute approximate surface area is 86.5 Å². The molecular formula is C11H22O3. The van der Waals surface area contributed by atoms with E-state index < -0.39 is 0 Å². The summed E-state index contributed by atoms with van der Waals surface area (Å²) in [5, 5.41) is 6.89. The maximum atomic E-state index is 10.8. The Morgan fingerprint density at radius 3 is 2.07 bits per heavy atom. The Morgan fingerprint density at radius 2 is 1.64 bits per heavy atom. The first-order chi connectivity index (χ1) is 6.72. The minimum absolute atomic E-state index is 0.250. The normalized spacial score (nSPS) is 8.71. The third kappa shape index (κ3) is 17.3. The second-order valence-corrected chi connectivity index (χ2v) is 3.16. The lowest BCUT2D eigenvalue weighted by Crippen LogP contribution is -1.93. The van der Waals surface area contributed by atoms with Crippen LogP contribution in [0.3, 0.4) is 0 Å². The molecular weight excluding hydrogens is 180 g/mol. The van der Waals surface area contributed by atoms with Crippen LogP contribution in [0.15, 0.2) is 0 Å². The van der Waals surface area contributed by atoms with E-state index in [9.17, 15) is 4.79 Å². The molecule has 0 atom stereocenters. The summed E-state index contributed by atoms with van der Waals surface area (Å²) >= 11 is 0. The average Bonchev–Trinajstić information content (AvgIpc) is 2.18. The second-order valence-electron chi connectivity index (χ2n) is 3.16. The maximum Gasteiger partial charge on any atom is 0.290 e. The lowest BCUT2D eigenvalue weighted by molar-refractivity contribution is -0.123. The van der Waals surface area contributed by atoms with Crippen LogP contribution in [0.5, 0.6) is 0 Å². The van der Waals surface area contributed by atoms with Crippen LogP contribution in [0.2, 0.25) is 0 Å². The van der Waals surface area contributed by atoms with Gasteiger partial charge in [0.15, 0.2) is 0 Å². The van der Waals surface area contributed by atoms with Gasteiger partial charge in [-0.25, -0.2) is 0 Å². The van der Waals surface area contributed by atoms with E-state index in [1.807, 2.05) is 6.92 Å². The standard InChI is InChI=1S/C10H20O.CH2O2/c1-3-5-6-7-8-9-10(11)4-2;2-1-3/h3-9H2,1-2H3;1H,(H,2,3). The monoisotopic (exact) mass is 202 g/mol. The molecule has 0 aliphatic heterocycles. The topological polar surface area (TPSA) is 54.4 Å². The summed E-state index contributed by atoms with van der Waals surface area (Å²) in [6, 6.07) is 0. The summed E-state index contributed by atoms with van der Waals surface area (Å²) < 4.78 is 0. The molecule has 0 fully saturated rings. The predicted octanol–water partition coefficient (Wildman–Crippen LogP) is 3.03. The Balaban J connectivity index is 0. The van der Waals surface area contributed by atoms with E-state index in [0.29, 0.717) is 12.2 Å². The molecule has 0 radical (unpaired) electrons. The van der Waals surface area contributed by atoms with Gasteiger partial charge in [0.1, 0.15) is 5.78 Å². The van der Waals surface area contributed by atoms with Crippen molar-refractivity contribution in [2.75, 3.05) is 0 Å². The van der Waals surface area contributed by atoms with Gasteiger partial charge in [0, 0.05) is 12.8 Å². The summed E-state index contributed by atoms with van der Waals surface area (Å²) in [5.41, 5.74) is 0. The number of Topliss-reactive ketones (excluding diaryl/α,β-unsaturated/α-hetero) is 1. The van der Waals surface area contributed by atoms with Crippen molar-refractivity contribution >= 4 is 12.3 Å². The number of ketones is 1. The number of rotatable bonds is 7. The third-order valence-corrected chi connectivity index (χ3v) is 1.95. The van der Waals surface area contributed by atoms with Gasteiger partial charge in [-0.2, -0.15) is 0 Å². The third-order valence-electron chi connectivity index (χ3n) is 1.95. The number of unbranched alkanes of at least 4 members (excludes halogenated alkanes) is 4. The summed E-state index contributed by atoms with van der Waals surface area (Å²) in [6.07, 6.45) is 7.76. The first-order valence-corrected chi connectivity index (χ1v) is 5.32. The largest absolute Gasteiger partial charge is 0.483 e. The highest BCUT2D eigenvalue weighted by Crippen LogP contribution is 2.05. The van der Waals surface area contributed by atoms with E-state index in [-0.39, 0.29) is 6.47 Å². The fraction of sp³-hybridized carbons (Fsp3) is 0.818. The second kappa shape index (κ2) is 14.7. The van der Waals surface area contributed by atoms with E-state index in [4.69, 9.17) is 9.90 Å². The van der Waals surface area contributed by atoms with Crippen LogP contribution in [-0.4, -0.2) is 17.4 Å². The molecule has 0 unspecified atom stereocenters. The van der Waals surface area contributed by atoms with Crippen molar-refractivity contribution < 1.29 is 14.7 Å². The summed E-state index contributed by atoms with van der Waals surface area (Å²) in [7, 11) is 0. The zero-order chi connectivity index (χ0) is 11.2. The number of hydrogen-bond donors (Lipinski definition) is 1. The molecule has 0 rings (SSSR count). The first-order valence-electron chi connectivity index (χ1n) is 5.32. The van der Waals surface area contributed by atoms with Crippen molar-refractivity contribution in [1.82, 2.24) is 0 Å². The summed E-state index contributed by atoms with van der Waals surface area (Å²) in [5.74, 6) is 0.418. The van der Waals surface area contributed by atoms with Gasteiger partial charge in [0.25, 0.3) is 6.47 Å². The van der Waals surface area contributed by atoms with Gasteiger partial charge in [-0.05, 0) is 6.42 Å². The first kappa shape index (κ1) is 15.6. The molecule has 0 spiro atoms. The van der Waals surface area contributed by atoms with Crippen molar-refractivity contribution in [3.8, 4) is 0 Å². The van der Waals surface area contributed by atoms with Crippen LogP contribution in [0.4, 0.5) is 0 Å². The number of hydrogen-bond acceptors (Lipinski definition) is 2. The van der Waals surface area contributed by atoms with Crippen LogP contribution in [0.25, 0.3) is 0 Å². The van der Waals surface area contributed by atoms with E-state index >= 15 is 0 Å². The van der Waals surface area contributed by atoms with Gasteiger partial charge in [-0.3, -0.25) is 9.59 Å². The summed E-state index contributed by atoms with van der Waals surface area (Å²) in [6.45, 7) is 3.89. The Bertz CT molecular complexity index is 132. The van der Waals surface area contributed by atoms with Crippen molar-refractivity contribution in [2.24, 2.45) is 0 Å². The molecule has 0 saturated heterocycles. The van der Waals surface area contributed by atoms with Crippen LogP contribution in [-0.2, 0) is 9.59 Å². The van der Waals surface area contributed by atoms with E-state index in [2.05, 4.69) is 6.92 Å². The highest BCUT2D eigenvalue weighted by Gasteiger charge is 1.96. The van der Waals surface area contributed by atoms with Gasteiger partial charge in [0.2, 0.25) is 0 Å². The smallest absolute Gasteiger partial charge is 0.290 e. The molecule has 0 saturated carbocycles.